The Morgan fingerprint density at radius 1 is 1.50 bits per heavy atom. The zero-order valence-electron chi connectivity index (χ0n) is 12.1. The van der Waals surface area contributed by atoms with Gasteiger partial charge in [-0.2, -0.15) is 0 Å². The van der Waals surface area contributed by atoms with Crippen LogP contribution in [0.4, 0.5) is 0 Å². The molecule has 0 bridgehead atoms. The highest BCUT2D eigenvalue weighted by Gasteiger charge is 2.26. The van der Waals surface area contributed by atoms with Gasteiger partial charge >= 0.3 is 5.97 Å². The maximum Gasteiger partial charge on any atom is 0.313 e. The summed E-state index contributed by atoms with van der Waals surface area (Å²) in [5, 5.41) is 9.60. The quantitative estimate of drug-likeness (QED) is 0.877. The number of carboxylic acids is 1. The minimum absolute atomic E-state index is 0.00755. The van der Waals surface area contributed by atoms with E-state index in [1.165, 1.54) is 11.8 Å². The van der Waals surface area contributed by atoms with Crippen molar-refractivity contribution >= 4 is 28.8 Å². The van der Waals surface area contributed by atoms with Crippen molar-refractivity contribution in [2.24, 2.45) is 5.41 Å². The topological polar surface area (TPSA) is 68.0 Å². The normalized spacial score (nSPS) is 13.6. The molecule has 2 rings (SSSR count). The zero-order valence-corrected chi connectivity index (χ0v) is 12.9. The molecule has 2 aromatic rings. The smallest absolute Gasteiger partial charge is 0.313 e. The monoisotopic (exact) mass is 293 g/mol. The van der Waals surface area contributed by atoms with E-state index in [9.17, 15) is 4.79 Å². The average Bonchev–Trinajstić information content (AvgIpc) is 2.72. The molecule has 0 aliphatic carbocycles. The van der Waals surface area contributed by atoms with Crippen LogP contribution in [0.25, 0.3) is 11.0 Å². The van der Waals surface area contributed by atoms with Gasteiger partial charge in [-0.25, -0.2) is 4.98 Å². The lowest BCUT2D eigenvalue weighted by atomic mass is 9.88. The summed E-state index contributed by atoms with van der Waals surface area (Å²) in [6.45, 7) is 8.62. The van der Waals surface area contributed by atoms with Gasteiger partial charge < -0.3 is 9.67 Å². The van der Waals surface area contributed by atoms with E-state index in [1.807, 2.05) is 6.07 Å². The van der Waals surface area contributed by atoms with Crippen LogP contribution in [-0.4, -0.2) is 31.4 Å². The first-order valence-electron chi connectivity index (χ1n) is 6.47. The van der Waals surface area contributed by atoms with Gasteiger partial charge in [-0.05, 0) is 18.4 Å². The molecule has 0 aliphatic heterocycles. The summed E-state index contributed by atoms with van der Waals surface area (Å²) < 4.78 is 2.12. The minimum Gasteiger partial charge on any atom is -0.481 e. The van der Waals surface area contributed by atoms with Gasteiger partial charge in [0.25, 0.3) is 0 Å². The predicted octanol–water partition coefficient (Wildman–Crippen LogP) is 3.22. The van der Waals surface area contributed by atoms with E-state index >= 15 is 0 Å². The molecule has 0 saturated heterocycles. The number of aromatic nitrogens is 3. The van der Waals surface area contributed by atoms with Gasteiger partial charge in [-0.3, -0.25) is 9.78 Å². The van der Waals surface area contributed by atoms with E-state index in [-0.39, 0.29) is 17.2 Å². The number of pyridine rings is 1. The van der Waals surface area contributed by atoms with Crippen molar-refractivity contribution in [2.75, 3.05) is 5.75 Å². The van der Waals surface area contributed by atoms with Crippen molar-refractivity contribution in [3.63, 3.8) is 0 Å². The van der Waals surface area contributed by atoms with Crippen LogP contribution < -0.4 is 0 Å². The van der Waals surface area contributed by atoms with Crippen LogP contribution in [0.5, 0.6) is 0 Å². The lowest BCUT2D eigenvalue weighted by molar-refractivity contribution is -0.133. The molecule has 5 nitrogen and oxygen atoms in total. The van der Waals surface area contributed by atoms with Crippen LogP contribution in [0.15, 0.2) is 23.6 Å². The van der Waals surface area contributed by atoms with Crippen molar-refractivity contribution in [3.05, 3.63) is 18.5 Å². The number of carboxylic acid groups (broad SMARTS) is 1. The van der Waals surface area contributed by atoms with E-state index < -0.39 is 5.97 Å². The first kappa shape index (κ1) is 14.8. The van der Waals surface area contributed by atoms with E-state index in [2.05, 4.69) is 42.2 Å². The fraction of sp³-hybridized carbons (Fsp3) is 0.500. The van der Waals surface area contributed by atoms with Crippen LogP contribution in [0, 0.1) is 5.41 Å². The summed E-state index contributed by atoms with van der Waals surface area (Å²) >= 11 is 1.25. The van der Waals surface area contributed by atoms with Crippen LogP contribution in [0.2, 0.25) is 0 Å². The van der Waals surface area contributed by atoms with Crippen molar-refractivity contribution < 1.29 is 9.90 Å². The molecule has 20 heavy (non-hydrogen) atoms. The van der Waals surface area contributed by atoms with Gasteiger partial charge in [0.05, 0.1) is 17.5 Å². The van der Waals surface area contributed by atoms with Gasteiger partial charge in [-0.15, -0.1) is 0 Å². The van der Waals surface area contributed by atoms with Crippen LogP contribution >= 0.6 is 11.8 Å². The Hall–Kier alpha value is -1.56. The molecule has 0 fully saturated rings. The van der Waals surface area contributed by atoms with Crippen molar-refractivity contribution in [1.82, 2.24) is 14.5 Å². The molecule has 108 valence electrons. The molecule has 1 atom stereocenters. The molecule has 0 aromatic carbocycles. The second-order valence-electron chi connectivity index (χ2n) is 5.85. The fourth-order valence-electron chi connectivity index (χ4n) is 1.92. The summed E-state index contributed by atoms with van der Waals surface area (Å²) in [6, 6.07) is 2.13. The van der Waals surface area contributed by atoms with Gasteiger partial charge in [-0.1, -0.05) is 32.5 Å². The number of nitrogens with zero attached hydrogens (tertiary/aromatic N) is 3. The van der Waals surface area contributed by atoms with Crippen molar-refractivity contribution in [2.45, 2.75) is 38.9 Å². The first-order valence-corrected chi connectivity index (χ1v) is 7.46. The fourth-order valence-corrected chi connectivity index (χ4v) is 2.73. The van der Waals surface area contributed by atoms with Crippen LogP contribution in [0.1, 0.15) is 33.7 Å². The number of carbonyl (C=O) groups is 1. The summed E-state index contributed by atoms with van der Waals surface area (Å²) in [5.41, 5.74) is 1.85. The van der Waals surface area contributed by atoms with Gasteiger partial charge in [0.2, 0.25) is 0 Å². The Labute approximate surface area is 122 Å². The Kier molecular flexibility index (Phi) is 4.04. The lowest BCUT2D eigenvalue weighted by Gasteiger charge is -2.30. The summed E-state index contributed by atoms with van der Waals surface area (Å²) in [4.78, 5) is 19.4. The molecule has 1 unspecified atom stereocenters. The number of hydrogen-bond acceptors (Lipinski definition) is 4. The molecular weight excluding hydrogens is 274 g/mol. The SMILES string of the molecule is CC(n1c(SCC(=O)O)nc2cnccc21)C(C)(C)C. The number of rotatable bonds is 4. The number of aliphatic carboxylic acids is 1. The number of hydrogen-bond donors (Lipinski definition) is 1. The van der Waals surface area contributed by atoms with E-state index in [0.29, 0.717) is 0 Å². The zero-order chi connectivity index (χ0) is 14.9. The number of fused-ring (bicyclic) bond motifs is 1. The number of thioether (sulfide) groups is 1. The molecule has 0 amide bonds. The molecule has 0 spiro atoms. The third kappa shape index (κ3) is 2.95. The molecule has 0 saturated carbocycles. The third-order valence-electron chi connectivity index (χ3n) is 3.42. The molecule has 2 heterocycles. The molecular formula is C14H19N3O2S. The number of imidazole rings is 1. The average molecular weight is 293 g/mol. The lowest BCUT2D eigenvalue weighted by Crippen LogP contribution is -2.22. The maximum atomic E-state index is 10.8. The second kappa shape index (κ2) is 5.44. The molecule has 0 aliphatic rings. The van der Waals surface area contributed by atoms with E-state index in [4.69, 9.17) is 5.11 Å². The van der Waals surface area contributed by atoms with Crippen LogP contribution in [-0.2, 0) is 4.79 Å². The van der Waals surface area contributed by atoms with E-state index in [1.54, 1.807) is 12.4 Å². The van der Waals surface area contributed by atoms with Gasteiger partial charge in [0.15, 0.2) is 5.16 Å². The molecule has 0 radical (unpaired) electrons. The van der Waals surface area contributed by atoms with Gasteiger partial charge in [0.1, 0.15) is 5.52 Å². The predicted molar refractivity (Wildman–Crippen MR) is 80.1 cm³/mol. The second-order valence-corrected chi connectivity index (χ2v) is 6.80. The van der Waals surface area contributed by atoms with Gasteiger partial charge in [0, 0.05) is 12.2 Å². The van der Waals surface area contributed by atoms with E-state index in [0.717, 1.165) is 16.2 Å². The maximum absolute atomic E-state index is 10.8. The molecule has 1 N–H and O–H groups in total. The minimum atomic E-state index is -0.838. The highest BCUT2D eigenvalue weighted by molar-refractivity contribution is 7.99. The molecule has 6 heteroatoms. The summed E-state index contributed by atoms with van der Waals surface area (Å²) in [6.07, 6.45) is 3.45. The van der Waals surface area contributed by atoms with Crippen LogP contribution in [0.3, 0.4) is 0 Å². The Morgan fingerprint density at radius 3 is 2.80 bits per heavy atom. The largest absolute Gasteiger partial charge is 0.481 e. The standard InChI is InChI=1S/C14H19N3O2S/c1-9(14(2,3)4)17-11-5-6-15-7-10(11)16-13(17)20-8-12(18)19/h5-7,9H,8H2,1-4H3,(H,18,19). The summed E-state index contributed by atoms with van der Waals surface area (Å²) in [5.74, 6) is -0.830. The first-order chi connectivity index (χ1) is 9.30. The Bertz CT molecular complexity index is 631. The highest BCUT2D eigenvalue weighted by atomic mass is 32.2. The molecule has 2 aromatic heterocycles. The Morgan fingerprint density at radius 2 is 2.20 bits per heavy atom. The summed E-state index contributed by atoms with van der Waals surface area (Å²) in [7, 11) is 0. The van der Waals surface area contributed by atoms with Crippen molar-refractivity contribution in [3.8, 4) is 0 Å². The Balaban J connectivity index is 2.52. The highest BCUT2D eigenvalue weighted by Crippen LogP contribution is 2.36. The van der Waals surface area contributed by atoms with Crippen molar-refractivity contribution in [1.29, 1.82) is 0 Å². The third-order valence-corrected chi connectivity index (χ3v) is 4.36.